The fraction of sp³-hybridized carbons (Fsp3) is 0.444. The van der Waals surface area contributed by atoms with E-state index in [1.54, 1.807) is 5.38 Å². The van der Waals surface area contributed by atoms with Crippen molar-refractivity contribution in [3.8, 4) is 11.5 Å². The second-order valence-electron chi connectivity index (χ2n) is 3.64. The van der Waals surface area contributed by atoms with Crippen LogP contribution in [0.3, 0.4) is 0 Å². The lowest BCUT2D eigenvalue weighted by molar-refractivity contribution is 0.185. The third-order valence-electron chi connectivity index (χ3n) is 2.30. The van der Waals surface area contributed by atoms with E-state index in [1.165, 1.54) is 23.0 Å². The van der Waals surface area contributed by atoms with Crippen LogP contribution in [0.4, 0.5) is 0 Å². The number of rotatable bonds is 5. The summed E-state index contributed by atoms with van der Waals surface area (Å²) in [5, 5.41) is 9.82. The maximum atomic E-state index is 11.5. The van der Waals surface area contributed by atoms with E-state index in [-0.39, 0.29) is 11.7 Å². The molecule has 0 N–H and O–H groups in total. The lowest BCUT2D eigenvalue weighted by Crippen LogP contribution is -2.11. The summed E-state index contributed by atoms with van der Waals surface area (Å²) in [5.41, 5.74) is 0.567. The third-order valence-corrected chi connectivity index (χ3v) is 4.23. The topological polar surface area (TPSA) is 87.0 Å². The van der Waals surface area contributed by atoms with Crippen molar-refractivity contribution in [1.82, 2.24) is 19.7 Å². The molecule has 0 fully saturated rings. The lowest BCUT2D eigenvalue weighted by Gasteiger charge is -2.06. The van der Waals surface area contributed by atoms with Gasteiger partial charge in [0.25, 0.3) is 14.2 Å². The number of hydrogen-bond donors (Lipinski definition) is 0. The highest BCUT2D eigenvalue weighted by Gasteiger charge is 2.24. The second kappa shape index (κ2) is 5.53. The zero-order chi connectivity index (χ0) is 14.0. The molecule has 0 saturated carbocycles. The molecule has 0 bridgehead atoms. The highest BCUT2D eigenvalue weighted by atomic mass is 35.7. The molecule has 0 aliphatic rings. The first-order chi connectivity index (χ1) is 8.93. The van der Waals surface area contributed by atoms with Gasteiger partial charge in [0.05, 0.1) is 18.2 Å². The van der Waals surface area contributed by atoms with Gasteiger partial charge in [0, 0.05) is 23.2 Å². The molecule has 2 aromatic rings. The van der Waals surface area contributed by atoms with E-state index in [0.29, 0.717) is 18.1 Å². The summed E-state index contributed by atoms with van der Waals surface area (Å²) in [6, 6.07) is 0. The minimum atomic E-state index is -3.96. The number of nitrogens with zero attached hydrogens (tertiary/aromatic N) is 4. The first-order valence-electron chi connectivity index (χ1n) is 5.23. The molecular formula is C9H11ClN4O3S2. The minimum absolute atomic E-state index is 0.274. The van der Waals surface area contributed by atoms with Gasteiger partial charge in [-0.25, -0.2) is 13.4 Å². The van der Waals surface area contributed by atoms with Crippen LogP contribution in [0.1, 0.15) is 5.01 Å². The molecule has 0 atom stereocenters. The van der Waals surface area contributed by atoms with E-state index in [4.69, 9.17) is 15.4 Å². The van der Waals surface area contributed by atoms with Crippen molar-refractivity contribution < 1.29 is 13.2 Å². The zero-order valence-corrected chi connectivity index (χ0v) is 12.6. The van der Waals surface area contributed by atoms with Crippen molar-refractivity contribution in [3.05, 3.63) is 10.4 Å². The quantitative estimate of drug-likeness (QED) is 0.771. The molecule has 0 unspecified atom stereocenters. The molecule has 2 aromatic heterocycles. The fourth-order valence-corrected chi connectivity index (χ4v) is 3.02. The van der Waals surface area contributed by atoms with Crippen molar-refractivity contribution in [2.45, 2.75) is 18.6 Å². The molecule has 0 aromatic carbocycles. The van der Waals surface area contributed by atoms with Gasteiger partial charge in [-0.2, -0.15) is 0 Å². The lowest BCUT2D eigenvalue weighted by atomic mass is 10.4. The Morgan fingerprint density at radius 2 is 2.21 bits per heavy atom. The summed E-state index contributed by atoms with van der Waals surface area (Å²) in [6.07, 6.45) is 0. The van der Waals surface area contributed by atoms with E-state index in [9.17, 15) is 8.42 Å². The molecular weight excluding hydrogens is 312 g/mol. The number of methoxy groups -OCH3 is 1. The van der Waals surface area contributed by atoms with E-state index in [1.807, 2.05) is 6.92 Å². The van der Waals surface area contributed by atoms with Crippen molar-refractivity contribution in [3.63, 3.8) is 0 Å². The molecule has 2 rings (SSSR count). The van der Waals surface area contributed by atoms with E-state index < -0.39 is 9.05 Å². The van der Waals surface area contributed by atoms with Crippen LogP contribution in [0.5, 0.6) is 0 Å². The molecule has 0 amide bonds. The van der Waals surface area contributed by atoms with E-state index in [0.717, 1.165) is 5.01 Å². The Labute approximate surface area is 118 Å². The number of ether oxygens (including phenoxy) is 1. The average molecular weight is 323 g/mol. The predicted octanol–water partition coefficient (Wildman–Crippen LogP) is 1.28. The van der Waals surface area contributed by atoms with Gasteiger partial charge >= 0.3 is 0 Å². The number of thiazole rings is 1. The van der Waals surface area contributed by atoms with Crippen LogP contribution in [-0.2, 0) is 20.3 Å². The Hall–Kier alpha value is -1.03. The van der Waals surface area contributed by atoms with Crippen LogP contribution in [0, 0.1) is 6.92 Å². The van der Waals surface area contributed by atoms with Gasteiger partial charge in [0.15, 0.2) is 5.82 Å². The van der Waals surface area contributed by atoms with Gasteiger partial charge in [-0.15, -0.1) is 21.5 Å². The minimum Gasteiger partial charge on any atom is -0.383 e. The van der Waals surface area contributed by atoms with Gasteiger partial charge < -0.3 is 4.74 Å². The standard InChI is InChI=1S/C9H11ClN4O3S2/c1-6-11-7(5-18-6)8-12-13-9(19(10,15)16)14(8)3-4-17-2/h5H,3-4H2,1-2H3. The Bertz CT molecular complexity index is 679. The highest BCUT2D eigenvalue weighted by Crippen LogP contribution is 2.23. The Balaban J connectivity index is 2.52. The Morgan fingerprint density at radius 1 is 1.47 bits per heavy atom. The van der Waals surface area contributed by atoms with Gasteiger partial charge in [-0.3, -0.25) is 4.57 Å². The SMILES string of the molecule is COCCn1c(-c2csc(C)n2)nnc1S(=O)(=O)Cl. The van der Waals surface area contributed by atoms with Crippen LogP contribution in [0.25, 0.3) is 11.5 Å². The molecule has 7 nitrogen and oxygen atoms in total. The molecule has 2 heterocycles. The number of aromatic nitrogens is 4. The Morgan fingerprint density at radius 3 is 2.74 bits per heavy atom. The average Bonchev–Trinajstić information content (AvgIpc) is 2.91. The van der Waals surface area contributed by atoms with Crippen LogP contribution >= 0.6 is 22.0 Å². The van der Waals surface area contributed by atoms with Crippen molar-refractivity contribution in [2.24, 2.45) is 0 Å². The van der Waals surface area contributed by atoms with Gasteiger partial charge in [-0.1, -0.05) is 0 Å². The highest BCUT2D eigenvalue weighted by molar-refractivity contribution is 8.13. The number of hydrogen-bond acceptors (Lipinski definition) is 7. The summed E-state index contributed by atoms with van der Waals surface area (Å²) in [5.74, 6) is 0.362. The van der Waals surface area contributed by atoms with Crippen molar-refractivity contribution >= 4 is 31.1 Å². The Kier molecular flexibility index (Phi) is 4.19. The largest absolute Gasteiger partial charge is 0.383 e. The van der Waals surface area contributed by atoms with Gasteiger partial charge in [0.2, 0.25) is 0 Å². The summed E-state index contributed by atoms with van der Waals surface area (Å²) in [6.45, 7) is 2.44. The fourth-order valence-electron chi connectivity index (χ4n) is 1.51. The molecule has 19 heavy (non-hydrogen) atoms. The van der Waals surface area contributed by atoms with E-state index in [2.05, 4.69) is 15.2 Å². The van der Waals surface area contributed by atoms with Gasteiger partial charge in [-0.05, 0) is 6.92 Å². The zero-order valence-electron chi connectivity index (χ0n) is 10.2. The molecule has 104 valence electrons. The maximum absolute atomic E-state index is 11.5. The molecule has 0 spiro atoms. The summed E-state index contributed by atoms with van der Waals surface area (Å²) < 4.78 is 29.2. The van der Waals surface area contributed by atoms with Crippen LogP contribution in [0.15, 0.2) is 10.5 Å². The van der Waals surface area contributed by atoms with Crippen LogP contribution in [-0.4, -0.2) is 41.9 Å². The molecule has 0 saturated heterocycles. The summed E-state index contributed by atoms with van der Waals surface area (Å²) in [7, 11) is 2.90. The van der Waals surface area contributed by atoms with Crippen molar-refractivity contribution in [1.29, 1.82) is 0 Å². The monoisotopic (exact) mass is 322 g/mol. The molecule has 0 radical (unpaired) electrons. The summed E-state index contributed by atoms with van der Waals surface area (Å²) in [4.78, 5) is 4.26. The smallest absolute Gasteiger partial charge is 0.296 e. The second-order valence-corrected chi connectivity index (χ2v) is 7.16. The predicted molar refractivity (Wildman–Crippen MR) is 70.8 cm³/mol. The first kappa shape index (κ1) is 14.4. The van der Waals surface area contributed by atoms with Gasteiger partial charge in [0.1, 0.15) is 5.69 Å². The maximum Gasteiger partial charge on any atom is 0.296 e. The van der Waals surface area contributed by atoms with Crippen molar-refractivity contribution in [2.75, 3.05) is 13.7 Å². The number of halogens is 1. The molecule has 0 aliphatic carbocycles. The first-order valence-corrected chi connectivity index (χ1v) is 8.41. The third kappa shape index (κ3) is 3.11. The van der Waals surface area contributed by atoms with Crippen LogP contribution in [0.2, 0.25) is 0 Å². The normalized spacial score (nSPS) is 11.9. The number of aryl methyl sites for hydroxylation is 1. The van der Waals surface area contributed by atoms with E-state index >= 15 is 0 Å². The van der Waals surface area contributed by atoms with Crippen LogP contribution < -0.4 is 0 Å². The molecule has 10 heteroatoms. The molecule has 0 aliphatic heterocycles. The summed E-state index contributed by atoms with van der Waals surface area (Å²) >= 11 is 1.44.